The highest BCUT2D eigenvalue weighted by atomic mass is 16.6. The average molecular weight is 411 g/mol. The number of fused-ring (bicyclic) bond motifs is 3. The summed E-state index contributed by atoms with van der Waals surface area (Å²) in [6.07, 6.45) is -0.110. The van der Waals surface area contributed by atoms with Crippen LogP contribution in [0.2, 0.25) is 0 Å². The molecule has 0 amide bonds. The van der Waals surface area contributed by atoms with Gasteiger partial charge in [-0.05, 0) is 23.6 Å². The molecule has 3 atom stereocenters. The third kappa shape index (κ3) is 2.72. The van der Waals surface area contributed by atoms with E-state index in [4.69, 9.17) is 14.7 Å². The predicted molar refractivity (Wildman–Crippen MR) is 121 cm³/mol. The molecule has 0 spiro atoms. The molecular weight excluding hydrogens is 384 g/mol. The predicted octanol–water partition coefficient (Wildman–Crippen LogP) is 4.47. The van der Waals surface area contributed by atoms with Gasteiger partial charge in [0.05, 0.1) is 19.1 Å². The Morgan fingerprint density at radius 3 is 2.35 bits per heavy atom. The molecule has 3 aliphatic rings. The number of morpholine rings is 1. The molecule has 0 N–H and O–H groups in total. The van der Waals surface area contributed by atoms with Crippen LogP contribution in [0.5, 0.6) is 0 Å². The molecular formula is C27H26N2O2. The van der Waals surface area contributed by atoms with E-state index < -0.39 is 5.54 Å². The lowest BCUT2D eigenvalue weighted by molar-refractivity contribution is -0.0526. The smallest absolute Gasteiger partial charge is 0.166 e. The topological polar surface area (TPSA) is 34.1 Å². The summed E-state index contributed by atoms with van der Waals surface area (Å²) in [6, 6.07) is 28.2. The van der Waals surface area contributed by atoms with E-state index in [-0.39, 0.29) is 12.0 Å². The van der Waals surface area contributed by atoms with Crippen molar-refractivity contribution in [3.8, 4) is 0 Å². The first-order chi connectivity index (χ1) is 15.3. The maximum Gasteiger partial charge on any atom is 0.166 e. The van der Waals surface area contributed by atoms with E-state index >= 15 is 0 Å². The lowest BCUT2D eigenvalue weighted by atomic mass is 9.78. The van der Waals surface area contributed by atoms with Gasteiger partial charge < -0.3 is 9.57 Å². The van der Waals surface area contributed by atoms with E-state index in [1.54, 1.807) is 0 Å². The van der Waals surface area contributed by atoms with Gasteiger partial charge in [0.2, 0.25) is 0 Å². The SMILES string of the molecule is Cc1ccc(C2=NO[C@@H]3[C@@H](c4ccccc4)c4ccccc4[C@]23N2CCOCC2)cc1. The lowest BCUT2D eigenvalue weighted by Crippen LogP contribution is -2.59. The molecule has 0 aromatic heterocycles. The Bertz CT molecular complexity index is 1120. The van der Waals surface area contributed by atoms with Gasteiger partial charge in [-0.15, -0.1) is 0 Å². The number of hydrogen-bond acceptors (Lipinski definition) is 4. The zero-order valence-electron chi connectivity index (χ0n) is 17.7. The van der Waals surface area contributed by atoms with Crippen molar-refractivity contribution in [3.63, 3.8) is 0 Å². The number of hydrogen-bond donors (Lipinski definition) is 0. The molecule has 2 aliphatic heterocycles. The Hall–Kier alpha value is -2.95. The van der Waals surface area contributed by atoms with E-state index in [0.717, 1.165) is 37.6 Å². The van der Waals surface area contributed by atoms with Crippen LogP contribution in [0.25, 0.3) is 0 Å². The molecule has 31 heavy (non-hydrogen) atoms. The Labute approximate surface area is 183 Å². The summed E-state index contributed by atoms with van der Waals surface area (Å²) in [4.78, 5) is 8.94. The molecule has 0 unspecified atom stereocenters. The van der Waals surface area contributed by atoms with Gasteiger partial charge in [-0.25, -0.2) is 0 Å². The molecule has 1 aliphatic carbocycles. The summed E-state index contributed by atoms with van der Waals surface area (Å²) >= 11 is 0. The second-order valence-corrected chi connectivity index (χ2v) is 8.67. The van der Waals surface area contributed by atoms with Crippen LogP contribution >= 0.6 is 0 Å². The second-order valence-electron chi connectivity index (χ2n) is 8.67. The van der Waals surface area contributed by atoms with Crippen LogP contribution in [-0.4, -0.2) is 43.0 Å². The Balaban J connectivity index is 1.59. The Kier molecular flexibility index (Phi) is 4.44. The minimum absolute atomic E-state index is 0.110. The van der Waals surface area contributed by atoms with Crippen LogP contribution in [0, 0.1) is 6.92 Å². The first-order valence-corrected chi connectivity index (χ1v) is 11.1. The highest BCUT2D eigenvalue weighted by molar-refractivity contribution is 6.10. The normalized spacial score (nSPS) is 27.3. The standard InChI is InChI=1S/C27H26N2O2/c1-19-11-13-21(14-12-19)25-27(29-15-17-30-18-16-29)23-10-6-5-9-22(23)24(26(27)31-28-25)20-7-3-2-4-8-20/h2-14,24,26H,15-18H2,1H3/t24-,26+,27-/m0/s1. The van der Waals surface area contributed by atoms with Crippen molar-refractivity contribution in [3.05, 3.63) is 107 Å². The largest absolute Gasteiger partial charge is 0.388 e. The molecule has 3 aromatic carbocycles. The van der Waals surface area contributed by atoms with Crippen LogP contribution in [0.15, 0.2) is 84.0 Å². The fourth-order valence-electron chi connectivity index (χ4n) is 5.67. The maximum atomic E-state index is 6.39. The van der Waals surface area contributed by atoms with E-state index in [0.29, 0.717) is 0 Å². The van der Waals surface area contributed by atoms with Gasteiger partial charge in [0.1, 0.15) is 11.3 Å². The average Bonchev–Trinajstić information content (AvgIpc) is 3.35. The van der Waals surface area contributed by atoms with Crippen molar-refractivity contribution in [1.82, 2.24) is 4.90 Å². The molecule has 4 nitrogen and oxygen atoms in total. The van der Waals surface area contributed by atoms with Crippen molar-refractivity contribution in [2.75, 3.05) is 26.3 Å². The number of oxime groups is 1. The van der Waals surface area contributed by atoms with Gasteiger partial charge >= 0.3 is 0 Å². The molecule has 1 fully saturated rings. The van der Waals surface area contributed by atoms with Gasteiger partial charge in [-0.2, -0.15) is 0 Å². The number of benzene rings is 3. The highest BCUT2D eigenvalue weighted by Crippen LogP contribution is 2.56. The van der Waals surface area contributed by atoms with Crippen molar-refractivity contribution in [1.29, 1.82) is 0 Å². The van der Waals surface area contributed by atoms with Crippen LogP contribution in [-0.2, 0) is 15.1 Å². The molecule has 156 valence electrons. The van der Waals surface area contributed by atoms with Gasteiger partial charge in [0.25, 0.3) is 0 Å². The highest BCUT2D eigenvalue weighted by Gasteiger charge is 2.64. The summed E-state index contributed by atoms with van der Waals surface area (Å²) in [5.74, 6) is 0.131. The third-order valence-electron chi connectivity index (χ3n) is 7.03. The molecule has 1 saturated heterocycles. The van der Waals surface area contributed by atoms with E-state index in [1.165, 1.54) is 22.3 Å². The summed E-state index contributed by atoms with van der Waals surface area (Å²) in [5, 5.41) is 4.78. The van der Waals surface area contributed by atoms with E-state index in [1.807, 2.05) is 0 Å². The molecule has 0 bridgehead atoms. The first kappa shape index (κ1) is 18.8. The minimum atomic E-state index is -0.420. The van der Waals surface area contributed by atoms with Crippen molar-refractivity contribution in [2.45, 2.75) is 24.5 Å². The number of ether oxygens (including phenoxy) is 1. The van der Waals surface area contributed by atoms with Gasteiger partial charge in [-0.1, -0.05) is 89.6 Å². The van der Waals surface area contributed by atoms with Crippen molar-refractivity contribution in [2.24, 2.45) is 5.16 Å². The van der Waals surface area contributed by atoms with Crippen LogP contribution < -0.4 is 0 Å². The Morgan fingerprint density at radius 2 is 1.58 bits per heavy atom. The van der Waals surface area contributed by atoms with E-state index in [2.05, 4.69) is 90.7 Å². The number of rotatable bonds is 3. The summed E-state index contributed by atoms with van der Waals surface area (Å²) in [5.41, 5.74) is 6.89. The van der Waals surface area contributed by atoms with Crippen LogP contribution in [0.3, 0.4) is 0 Å². The van der Waals surface area contributed by atoms with Crippen LogP contribution in [0.1, 0.15) is 33.7 Å². The fourth-order valence-corrected chi connectivity index (χ4v) is 5.67. The van der Waals surface area contributed by atoms with Crippen LogP contribution in [0.4, 0.5) is 0 Å². The lowest BCUT2D eigenvalue weighted by Gasteiger charge is -2.43. The number of nitrogens with zero attached hydrogens (tertiary/aromatic N) is 2. The monoisotopic (exact) mass is 410 g/mol. The molecule has 4 heteroatoms. The third-order valence-corrected chi connectivity index (χ3v) is 7.03. The summed E-state index contributed by atoms with van der Waals surface area (Å²) in [6.45, 7) is 5.30. The van der Waals surface area contributed by atoms with E-state index in [9.17, 15) is 0 Å². The second kappa shape index (κ2) is 7.33. The summed E-state index contributed by atoms with van der Waals surface area (Å²) < 4.78 is 5.74. The molecule has 2 heterocycles. The summed E-state index contributed by atoms with van der Waals surface area (Å²) in [7, 11) is 0. The zero-order chi connectivity index (χ0) is 20.8. The number of aryl methyl sites for hydroxylation is 1. The minimum Gasteiger partial charge on any atom is -0.388 e. The van der Waals surface area contributed by atoms with Crippen molar-refractivity contribution >= 4 is 5.71 Å². The zero-order valence-corrected chi connectivity index (χ0v) is 17.7. The quantitative estimate of drug-likeness (QED) is 0.639. The van der Waals surface area contributed by atoms with Gasteiger partial charge in [0, 0.05) is 18.7 Å². The van der Waals surface area contributed by atoms with Crippen molar-refractivity contribution < 1.29 is 9.57 Å². The first-order valence-electron chi connectivity index (χ1n) is 11.1. The maximum absolute atomic E-state index is 6.39. The molecule has 6 rings (SSSR count). The molecule has 3 aromatic rings. The fraction of sp³-hybridized carbons (Fsp3) is 0.296. The Morgan fingerprint density at radius 1 is 0.871 bits per heavy atom. The molecule has 0 radical (unpaired) electrons. The van der Waals surface area contributed by atoms with Gasteiger partial charge in [-0.3, -0.25) is 4.90 Å². The van der Waals surface area contributed by atoms with Gasteiger partial charge in [0.15, 0.2) is 6.10 Å². The molecule has 0 saturated carbocycles.